The first-order chi connectivity index (χ1) is 6.15. The number of carbonyl (C=O) groups is 1. The first-order valence-corrected chi connectivity index (χ1v) is 5.05. The number of nitrogens with one attached hydrogen (secondary N) is 1. The van der Waals surface area contributed by atoms with Crippen LogP contribution in [-0.2, 0) is 9.53 Å². The molecule has 1 aliphatic heterocycles. The molecule has 1 saturated heterocycles. The van der Waals surface area contributed by atoms with Crippen LogP contribution in [0.15, 0.2) is 0 Å². The van der Waals surface area contributed by atoms with Crippen molar-refractivity contribution in [1.82, 2.24) is 5.32 Å². The Hall–Kier alpha value is -0.570. The summed E-state index contributed by atoms with van der Waals surface area (Å²) in [5.41, 5.74) is 0. The Balaban J connectivity index is 2.36. The van der Waals surface area contributed by atoms with Gasteiger partial charge in [-0.2, -0.15) is 0 Å². The van der Waals surface area contributed by atoms with Gasteiger partial charge in [0.1, 0.15) is 6.04 Å². The minimum absolute atomic E-state index is 0.0626. The molecule has 0 spiro atoms. The van der Waals surface area contributed by atoms with Crippen LogP contribution in [0.3, 0.4) is 0 Å². The van der Waals surface area contributed by atoms with E-state index in [1.807, 2.05) is 6.92 Å². The second kappa shape index (κ2) is 4.61. The third-order valence-corrected chi connectivity index (χ3v) is 2.68. The molecule has 0 amide bonds. The highest BCUT2D eigenvalue weighted by atomic mass is 16.5. The molecule has 0 aliphatic carbocycles. The standard InChI is InChI=1S/C10H19NO2/c1-4-13-10(12)9-5-8(6-11-9)7(2)3/h7-9,11H,4-6H2,1-3H3/t8-,9+/m0/s1. The molecule has 3 nitrogen and oxygen atoms in total. The van der Waals surface area contributed by atoms with E-state index in [0.29, 0.717) is 18.4 Å². The predicted molar refractivity (Wildman–Crippen MR) is 51.4 cm³/mol. The van der Waals surface area contributed by atoms with E-state index in [0.717, 1.165) is 13.0 Å². The molecule has 2 atom stereocenters. The topological polar surface area (TPSA) is 38.3 Å². The van der Waals surface area contributed by atoms with Gasteiger partial charge in [0, 0.05) is 0 Å². The van der Waals surface area contributed by atoms with Crippen LogP contribution in [0.1, 0.15) is 27.2 Å². The fourth-order valence-electron chi connectivity index (χ4n) is 1.69. The average molecular weight is 185 g/mol. The monoisotopic (exact) mass is 185 g/mol. The van der Waals surface area contributed by atoms with Crippen molar-refractivity contribution in [2.24, 2.45) is 11.8 Å². The van der Waals surface area contributed by atoms with E-state index in [1.54, 1.807) is 0 Å². The van der Waals surface area contributed by atoms with Crippen LogP contribution in [0.2, 0.25) is 0 Å². The van der Waals surface area contributed by atoms with E-state index in [9.17, 15) is 4.79 Å². The van der Waals surface area contributed by atoms with Crippen LogP contribution in [0.4, 0.5) is 0 Å². The van der Waals surface area contributed by atoms with Gasteiger partial charge < -0.3 is 10.1 Å². The highest BCUT2D eigenvalue weighted by Crippen LogP contribution is 2.22. The summed E-state index contributed by atoms with van der Waals surface area (Å²) < 4.78 is 4.95. The minimum Gasteiger partial charge on any atom is -0.465 e. The lowest BCUT2D eigenvalue weighted by Gasteiger charge is -2.12. The second-order valence-corrected chi connectivity index (χ2v) is 3.95. The Morgan fingerprint density at radius 3 is 2.77 bits per heavy atom. The molecule has 0 unspecified atom stereocenters. The number of hydrogen-bond acceptors (Lipinski definition) is 3. The molecular formula is C10H19NO2. The molecule has 0 aromatic heterocycles. The summed E-state index contributed by atoms with van der Waals surface area (Å²) >= 11 is 0. The van der Waals surface area contributed by atoms with Crippen molar-refractivity contribution in [3.8, 4) is 0 Å². The fourth-order valence-corrected chi connectivity index (χ4v) is 1.69. The van der Waals surface area contributed by atoms with Crippen molar-refractivity contribution in [2.45, 2.75) is 33.2 Å². The smallest absolute Gasteiger partial charge is 0.323 e. The van der Waals surface area contributed by atoms with Crippen molar-refractivity contribution < 1.29 is 9.53 Å². The lowest BCUT2D eigenvalue weighted by atomic mass is 9.93. The lowest BCUT2D eigenvalue weighted by Crippen LogP contribution is -2.32. The maximum Gasteiger partial charge on any atom is 0.323 e. The van der Waals surface area contributed by atoms with Gasteiger partial charge in [0.05, 0.1) is 6.61 Å². The molecule has 0 aromatic carbocycles. The quantitative estimate of drug-likeness (QED) is 0.671. The van der Waals surface area contributed by atoms with Crippen LogP contribution in [0.5, 0.6) is 0 Å². The van der Waals surface area contributed by atoms with Crippen LogP contribution in [0, 0.1) is 11.8 Å². The summed E-state index contributed by atoms with van der Waals surface area (Å²) in [6.07, 6.45) is 0.927. The maximum absolute atomic E-state index is 11.3. The van der Waals surface area contributed by atoms with Gasteiger partial charge in [0.25, 0.3) is 0 Å². The summed E-state index contributed by atoms with van der Waals surface area (Å²) in [5, 5.41) is 3.20. The number of hydrogen-bond donors (Lipinski definition) is 1. The molecule has 0 saturated carbocycles. The maximum atomic E-state index is 11.3. The van der Waals surface area contributed by atoms with E-state index in [1.165, 1.54) is 0 Å². The van der Waals surface area contributed by atoms with Gasteiger partial charge in [0.15, 0.2) is 0 Å². The summed E-state index contributed by atoms with van der Waals surface area (Å²) in [7, 11) is 0. The zero-order valence-corrected chi connectivity index (χ0v) is 8.67. The molecular weight excluding hydrogens is 166 g/mol. The van der Waals surface area contributed by atoms with Crippen molar-refractivity contribution in [3.63, 3.8) is 0 Å². The summed E-state index contributed by atoms with van der Waals surface area (Å²) in [6.45, 7) is 7.65. The van der Waals surface area contributed by atoms with E-state index in [4.69, 9.17) is 4.74 Å². The van der Waals surface area contributed by atoms with Crippen molar-refractivity contribution in [2.75, 3.05) is 13.2 Å². The van der Waals surface area contributed by atoms with Gasteiger partial charge in [-0.05, 0) is 31.7 Å². The van der Waals surface area contributed by atoms with Gasteiger partial charge in [-0.25, -0.2) is 0 Å². The van der Waals surface area contributed by atoms with E-state index >= 15 is 0 Å². The molecule has 1 rings (SSSR count). The average Bonchev–Trinajstić information content (AvgIpc) is 2.52. The normalized spacial score (nSPS) is 28.0. The van der Waals surface area contributed by atoms with Crippen LogP contribution < -0.4 is 5.32 Å². The number of ether oxygens (including phenoxy) is 1. The van der Waals surface area contributed by atoms with E-state index in [2.05, 4.69) is 19.2 Å². The predicted octanol–water partition coefficient (Wildman–Crippen LogP) is 1.18. The minimum atomic E-state index is -0.0920. The molecule has 1 N–H and O–H groups in total. The lowest BCUT2D eigenvalue weighted by molar-refractivity contribution is -0.145. The van der Waals surface area contributed by atoms with Gasteiger partial charge in [-0.3, -0.25) is 4.79 Å². The molecule has 1 heterocycles. The van der Waals surface area contributed by atoms with Crippen LogP contribution in [0.25, 0.3) is 0 Å². The third kappa shape index (κ3) is 2.69. The third-order valence-electron chi connectivity index (χ3n) is 2.68. The molecule has 13 heavy (non-hydrogen) atoms. The zero-order valence-electron chi connectivity index (χ0n) is 8.67. The van der Waals surface area contributed by atoms with Crippen LogP contribution in [-0.4, -0.2) is 25.2 Å². The number of esters is 1. The Morgan fingerprint density at radius 1 is 1.62 bits per heavy atom. The molecule has 76 valence electrons. The molecule has 1 aliphatic rings. The van der Waals surface area contributed by atoms with Gasteiger partial charge >= 0.3 is 5.97 Å². The Labute approximate surface area is 79.8 Å². The second-order valence-electron chi connectivity index (χ2n) is 3.95. The summed E-state index contributed by atoms with van der Waals surface area (Å²) in [6, 6.07) is -0.0626. The number of carbonyl (C=O) groups excluding carboxylic acids is 1. The Bertz CT molecular complexity index is 180. The van der Waals surface area contributed by atoms with E-state index in [-0.39, 0.29) is 12.0 Å². The van der Waals surface area contributed by atoms with Gasteiger partial charge in [0.2, 0.25) is 0 Å². The molecule has 0 bridgehead atoms. The highest BCUT2D eigenvalue weighted by Gasteiger charge is 2.31. The Morgan fingerprint density at radius 2 is 2.31 bits per heavy atom. The molecule has 3 heteroatoms. The van der Waals surface area contributed by atoms with Gasteiger partial charge in [-0.15, -0.1) is 0 Å². The van der Waals surface area contributed by atoms with Crippen LogP contribution >= 0.6 is 0 Å². The van der Waals surface area contributed by atoms with E-state index < -0.39 is 0 Å². The van der Waals surface area contributed by atoms with Crippen molar-refractivity contribution in [1.29, 1.82) is 0 Å². The van der Waals surface area contributed by atoms with Crippen molar-refractivity contribution in [3.05, 3.63) is 0 Å². The first-order valence-electron chi connectivity index (χ1n) is 5.05. The van der Waals surface area contributed by atoms with Gasteiger partial charge in [-0.1, -0.05) is 13.8 Å². The molecule has 0 radical (unpaired) electrons. The SMILES string of the molecule is CCOC(=O)[C@H]1C[C@H](C(C)C)CN1. The molecule has 0 aromatic rings. The number of rotatable bonds is 3. The molecule has 1 fully saturated rings. The zero-order chi connectivity index (χ0) is 9.84. The highest BCUT2D eigenvalue weighted by molar-refractivity contribution is 5.76. The summed E-state index contributed by atoms with van der Waals surface area (Å²) in [4.78, 5) is 11.3. The fraction of sp³-hybridized carbons (Fsp3) is 0.900. The van der Waals surface area contributed by atoms with Crippen molar-refractivity contribution >= 4 is 5.97 Å². The summed E-state index contributed by atoms with van der Waals surface area (Å²) in [5.74, 6) is 1.17. The largest absolute Gasteiger partial charge is 0.465 e. The Kier molecular flexibility index (Phi) is 3.72. The first kappa shape index (κ1) is 10.5.